The van der Waals surface area contributed by atoms with Gasteiger partial charge in [-0.15, -0.1) is 0 Å². The van der Waals surface area contributed by atoms with Crippen LogP contribution in [0.4, 0.5) is 10.5 Å². The van der Waals surface area contributed by atoms with E-state index in [-0.39, 0.29) is 11.5 Å². The topological polar surface area (TPSA) is 102 Å². The normalized spacial score (nSPS) is 14.0. The molecule has 1 amide bonds. The van der Waals surface area contributed by atoms with E-state index in [1.54, 1.807) is 23.9 Å². The highest BCUT2D eigenvalue weighted by molar-refractivity contribution is 5.71. The number of anilines is 1. The minimum Gasteiger partial charge on any atom is -0.487 e. The SMILES string of the molecule is CC(NC(=O)O)C(Oc1ccc(N)cc1-c1ccnn1C)C(C)(C)C. The summed E-state index contributed by atoms with van der Waals surface area (Å²) in [5, 5.41) is 15.7. The highest BCUT2D eigenvalue weighted by Crippen LogP contribution is 2.35. The molecule has 1 heterocycles. The molecule has 0 aliphatic heterocycles. The lowest BCUT2D eigenvalue weighted by Crippen LogP contribution is -2.49. The predicted octanol–water partition coefficient (Wildman–Crippen LogP) is 3.12. The average molecular weight is 346 g/mol. The van der Waals surface area contributed by atoms with Crippen LogP contribution in [0.5, 0.6) is 5.75 Å². The van der Waals surface area contributed by atoms with Crippen LogP contribution in [0.3, 0.4) is 0 Å². The number of nitrogens with two attached hydrogens (primary N) is 1. The van der Waals surface area contributed by atoms with Crippen LogP contribution in [0.25, 0.3) is 11.3 Å². The number of hydrogen-bond donors (Lipinski definition) is 3. The fourth-order valence-corrected chi connectivity index (χ4v) is 2.92. The van der Waals surface area contributed by atoms with E-state index < -0.39 is 12.1 Å². The summed E-state index contributed by atoms with van der Waals surface area (Å²) in [6, 6.07) is 6.90. The molecule has 2 unspecified atom stereocenters. The van der Waals surface area contributed by atoms with E-state index in [4.69, 9.17) is 15.6 Å². The van der Waals surface area contributed by atoms with Crippen LogP contribution in [-0.2, 0) is 7.05 Å². The molecule has 0 bridgehead atoms. The second-order valence-electron chi connectivity index (χ2n) is 7.24. The Labute approximate surface area is 147 Å². The third-order valence-corrected chi connectivity index (χ3v) is 4.01. The van der Waals surface area contributed by atoms with Gasteiger partial charge in [0.05, 0.1) is 11.7 Å². The lowest BCUT2D eigenvalue weighted by atomic mass is 9.85. The second-order valence-corrected chi connectivity index (χ2v) is 7.24. The Kier molecular flexibility index (Phi) is 5.25. The number of amides is 1. The highest BCUT2D eigenvalue weighted by Gasteiger charge is 2.33. The number of carboxylic acid groups (broad SMARTS) is 1. The number of hydrogen-bond acceptors (Lipinski definition) is 4. The number of aryl methyl sites for hydroxylation is 1. The van der Waals surface area contributed by atoms with Crippen LogP contribution < -0.4 is 15.8 Å². The van der Waals surface area contributed by atoms with Crippen molar-refractivity contribution in [2.45, 2.75) is 39.8 Å². The molecule has 1 aromatic heterocycles. The molecule has 0 fully saturated rings. The zero-order valence-corrected chi connectivity index (χ0v) is 15.3. The van der Waals surface area contributed by atoms with Gasteiger partial charge in [-0.2, -0.15) is 5.10 Å². The molecule has 1 aromatic carbocycles. The maximum atomic E-state index is 11.0. The first-order chi connectivity index (χ1) is 11.6. The zero-order valence-electron chi connectivity index (χ0n) is 15.3. The number of ether oxygens (including phenoxy) is 1. The highest BCUT2D eigenvalue weighted by atomic mass is 16.5. The number of nitrogens with one attached hydrogen (secondary N) is 1. The predicted molar refractivity (Wildman–Crippen MR) is 97.5 cm³/mol. The Morgan fingerprint density at radius 1 is 1.36 bits per heavy atom. The molecule has 25 heavy (non-hydrogen) atoms. The van der Waals surface area contributed by atoms with Crippen molar-refractivity contribution in [1.29, 1.82) is 0 Å². The van der Waals surface area contributed by atoms with Gasteiger partial charge in [0.1, 0.15) is 11.9 Å². The smallest absolute Gasteiger partial charge is 0.404 e. The van der Waals surface area contributed by atoms with Crippen molar-refractivity contribution < 1.29 is 14.6 Å². The maximum absolute atomic E-state index is 11.0. The molecule has 4 N–H and O–H groups in total. The average Bonchev–Trinajstić information content (AvgIpc) is 2.89. The molecular formula is C18H26N4O3. The summed E-state index contributed by atoms with van der Waals surface area (Å²) in [5.74, 6) is 0.636. The molecule has 2 rings (SSSR count). The molecule has 0 saturated carbocycles. The maximum Gasteiger partial charge on any atom is 0.404 e. The van der Waals surface area contributed by atoms with Crippen molar-refractivity contribution in [3.05, 3.63) is 30.5 Å². The monoisotopic (exact) mass is 346 g/mol. The summed E-state index contributed by atoms with van der Waals surface area (Å²) < 4.78 is 8.03. The first-order valence-electron chi connectivity index (χ1n) is 8.13. The molecular weight excluding hydrogens is 320 g/mol. The third kappa shape index (κ3) is 4.43. The van der Waals surface area contributed by atoms with Crippen LogP contribution >= 0.6 is 0 Å². The van der Waals surface area contributed by atoms with E-state index in [9.17, 15) is 4.79 Å². The number of carbonyl (C=O) groups is 1. The molecule has 0 radical (unpaired) electrons. The summed E-state index contributed by atoms with van der Waals surface area (Å²) >= 11 is 0. The molecule has 0 spiro atoms. The Morgan fingerprint density at radius 3 is 2.56 bits per heavy atom. The van der Waals surface area contributed by atoms with E-state index in [1.807, 2.05) is 46.0 Å². The molecule has 2 atom stereocenters. The largest absolute Gasteiger partial charge is 0.487 e. The van der Waals surface area contributed by atoms with Gasteiger partial charge in [-0.05, 0) is 31.2 Å². The summed E-state index contributed by atoms with van der Waals surface area (Å²) in [5.41, 5.74) is 7.97. The van der Waals surface area contributed by atoms with E-state index in [0.29, 0.717) is 11.4 Å². The van der Waals surface area contributed by atoms with Gasteiger partial charge in [0.2, 0.25) is 0 Å². The Bertz CT molecular complexity index is 749. The molecule has 0 saturated heterocycles. The van der Waals surface area contributed by atoms with E-state index in [1.165, 1.54) is 0 Å². The van der Waals surface area contributed by atoms with E-state index in [2.05, 4.69) is 10.4 Å². The molecule has 136 valence electrons. The van der Waals surface area contributed by atoms with Crippen molar-refractivity contribution >= 4 is 11.8 Å². The first kappa shape index (κ1) is 18.6. The van der Waals surface area contributed by atoms with Gasteiger partial charge in [-0.25, -0.2) is 4.79 Å². The Hall–Kier alpha value is -2.70. The van der Waals surface area contributed by atoms with Gasteiger partial charge in [0.15, 0.2) is 0 Å². The lowest BCUT2D eigenvalue weighted by Gasteiger charge is -2.36. The minimum atomic E-state index is -1.07. The van der Waals surface area contributed by atoms with Gasteiger partial charge < -0.3 is 20.9 Å². The fourth-order valence-electron chi connectivity index (χ4n) is 2.92. The van der Waals surface area contributed by atoms with Gasteiger partial charge in [-0.3, -0.25) is 4.68 Å². The van der Waals surface area contributed by atoms with Gasteiger partial charge in [0, 0.05) is 29.9 Å². The molecule has 7 heteroatoms. The van der Waals surface area contributed by atoms with Crippen molar-refractivity contribution in [1.82, 2.24) is 15.1 Å². The lowest BCUT2D eigenvalue weighted by molar-refractivity contribution is 0.0570. The van der Waals surface area contributed by atoms with E-state index in [0.717, 1.165) is 11.3 Å². The van der Waals surface area contributed by atoms with Crippen LogP contribution in [0.1, 0.15) is 27.7 Å². The molecule has 7 nitrogen and oxygen atoms in total. The van der Waals surface area contributed by atoms with Crippen molar-refractivity contribution in [2.75, 3.05) is 5.73 Å². The Balaban J connectivity index is 2.43. The van der Waals surface area contributed by atoms with Crippen LogP contribution in [0.2, 0.25) is 0 Å². The van der Waals surface area contributed by atoms with Gasteiger partial charge in [-0.1, -0.05) is 20.8 Å². The fraction of sp³-hybridized carbons (Fsp3) is 0.444. The zero-order chi connectivity index (χ0) is 18.8. The van der Waals surface area contributed by atoms with Crippen molar-refractivity contribution in [3.63, 3.8) is 0 Å². The molecule has 2 aromatic rings. The Morgan fingerprint density at radius 2 is 2.04 bits per heavy atom. The first-order valence-corrected chi connectivity index (χ1v) is 8.13. The summed E-state index contributed by atoms with van der Waals surface area (Å²) in [6.45, 7) is 7.83. The van der Waals surface area contributed by atoms with Crippen LogP contribution in [0, 0.1) is 5.41 Å². The molecule has 0 aliphatic carbocycles. The van der Waals surface area contributed by atoms with Crippen LogP contribution in [0.15, 0.2) is 30.5 Å². The van der Waals surface area contributed by atoms with Gasteiger partial charge >= 0.3 is 6.09 Å². The standard InChI is InChI=1S/C18H26N4O3/c1-11(21-17(23)24)16(18(2,3)4)25-15-7-6-12(19)10-13(15)14-8-9-20-22(14)5/h6-11,16,21H,19H2,1-5H3,(H,23,24). The molecule has 0 aliphatic rings. The van der Waals surface area contributed by atoms with Crippen molar-refractivity contribution in [2.24, 2.45) is 12.5 Å². The van der Waals surface area contributed by atoms with Crippen LogP contribution in [-0.4, -0.2) is 33.1 Å². The van der Waals surface area contributed by atoms with E-state index >= 15 is 0 Å². The second kappa shape index (κ2) is 7.04. The summed E-state index contributed by atoms with van der Waals surface area (Å²) in [4.78, 5) is 11.0. The third-order valence-electron chi connectivity index (χ3n) is 4.01. The quantitative estimate of drug-likeness (QED) is 0.722. The number of nitrogens with zero attached hydrogens (tertiary/aromatic N) is 2. The number of benzene rings is 1. The minimum absolute atomic E-state index is 0.285. The van der Waals surface area contributed by atoms with Gasteiger partial charge in [0.25, 0.3) is 0 Å². The summed E-state index contributed by atoms with van der Waals surface area (Å²) in [6.07, 6.45) is 0.256. The number of rotatable bonds is 5. The van der Waals surface area contributed by atoms with Crippen molar-refractivity contribution in [3.8, 4) is 17.0 Å². The summed E-state index contributed by atoms with van der Waals surface area (Å²) in [7, 11) is 1.85. The number of aromatic nitrogens is 2. The number of nitrogen functional groups attached to an aromatic ring is 1.